The highest BCUT2D eigenvalue weighted by Gasteiger charge is 2.46. The number of anilines is 2. The number of ether oxygens (including phenoxy) is 2. The maximum atomic E-state index is 16.6. The van der Waals surface area contributed by atoms with Gasteiger partial charge in [-0.2, -0.15) is 5.26 Å². The summed E-state index contributed by atoms with van der Waals surface area (Å²) >= 11 is 0. The van der Waals surface area contributed by atoms with Crippen molar-refractivity contribution in [3.8, 4) is 11.8 Å². The first-order valence-corrected chi connectivity index (χ1v) is 13.5. The summed E-state index contributed by atoms with van der Waals surface area (Å²) in [4.78, 5) is 16.9. The molecule has 2 fully saturated rings. The number of hydrogen-bond donors (Lipinski definition) is 1. The summed E-state index contributed by atoms with van der Waals surface area (Å²) in [5, 5.41) is 12.6. The van der Waals surface area contributed by atoms with Crippen LogP contribution in [0.25, 0.3) is 0 Å². The first-order chi connectivity index (χ1) is 18.0. The molecule has 3 aliphatic heterocycles. The van der Waals surface area contributed by atoms with Gasteiger partial charge in [-0.25, -0.2) is 9.18 Å². The quantitative estimate of drug-likeness (QED) is 0.473. The van der Waals surface area contributed by atoms with E-state index in [2.05, 4.69) is 16.3 Å². The zero-order valence-electron chi connectivity index (χ0n) is 23.0. The third kappa shape index (κ3) is 4.53. The molecule has 3 aliphatic rings. The Balaban J connectivity index is 1.45. The molecule has 38 heavy (non-hydrogen) atoms. The van der Waals surface area contributed by atoms with Crippen molar-refractivity contribution in [3.05, 3.63) is 52.8 Å². The number of hydrogen-bond acceptors (Lipinski definition) is 6. The van der Waals surface area contributed by atoms with Crippen molar-refractivity contribution < 1.29 is 18.7 Å². The predicted octanol–water partition coefficient (Wildman–Crippen LogP) is 6.69. The molecule has 0 spiro atoms. The van der Waals surface area contributed by atoms with Crippen LogP contribution in [0.1, 0.15) is 89.1 Å². The number of rotatable bonds is 5. The predicted molar refractivity (Wildman–Crippen MR) is 145 cm³/mol. The largest absolute Gasteiger partial charge is 0.496 e. The molecule has 3 heterocycles. The molecule has 0 saturated carbocycles. The second kappa shape index (κ2) is 9.68. The summed E-state index contributed by atoms with van der Waals surface area (Å²) in [5.41, 5.74) is 3.09. The number of piperidine rings is 1. The Bertz CT molecular complexity index is 1270. The fourth-order valence-corrected chi connectivity index (χ4v) is 6.42. The highest BCUT2D eigenvalue weighted by molar-refractivity contribution is 5.71. The molecule has 0 aromatic heterocycles. The molecule has 0 aliphatic carbocycles. The molecule has 0 radical (unpaired) electrons. The van der Waals surface area contributed by atoms with E-state index >= 15 is 4.39 Å². The van der Waals surface area contributed by atoms with Gasteiger partial charge in [-0.1, -0.05) is 6.07 Å². The normalized spacial score (nSPS) is 23.7. The van der Waals surface area contributed by atoms with E-state index in [1.54, 1.807) is 19.2 Å². The van der Waals surface area contributed by atoms with Crippen molar-refractivity contribution in [3.63, 3.8) is 0 Å². The molecule has 2 bridgehead atoms. The molecular formula is C30H37FN4O3. The maximum absolute atomic E-state index is 16.6. The second-order valence-electron chi connectivity index (χ2n) is 11.9. The van der Waals surface area contributed by atoms with Crippen LogP contribution in [0.2, 0.25) is 0 Å². The third-order valence-corrected chi connectivity index (χ3v) is 7.97. The lowest BCUT2D eigenvalue weighted by atomic mass is 9.83. The zero-order chi connectivity index (χ0) is 27.4. The van der Waals surface area contributed by atoms with Crippen LogP contribution in [0.5, 0.6) is 5.75 Å². The molecule has 8 heteroatoms. The fraction of sp³-hybridized carbons (Fsp3) is 0.533. The van der Waals surface area contributed by atoms with E-state index in [9.17, 15) is 10.1 Å². The van der Waals surface area contributed by atoms with E-state index in [0.29, 0.717) is 35.4 Å². The Labute approximate surface area is 224 Å². The Morgan fingerprint density at radius 1 is 1.18 bits per heavy atom. The topological polar surface area (TPSA) is 77.8 Å². The van der Waals surface area contributed by atoms with Crippen LogP contribution >= 0.6 is 0 Å². The lowest BCUT2D eigenvalue weighted by molar-refractivity contribution is 0.00569. The summed E-state index contributed by atoms with van der Waals surface area (Å²) in [7, 11) is 1.58. The zero-order valence-corrected chi connectivity index (χ0v) is 23.0. The number of amides is 1. The van der Waals surface area contributed by atoms with Crippen molar-refractivity contribution in [1.29, 1.82) is 5.26 Å². The van der Waals surface area contributed by atoms with Crippen LogP contribution in [0.15, 0.2) is 30.3 Å². The number of halogens is 1. The van der Waals surface area contributed by atoms with Gasteiger partial charge in [0, 0.05) is 34.9 Å². The van der Waals surface area contributed by atoms with Gasteiger partial charge < -0.3 is 24.6 Å². The van der Waals surface area contributed by atoms with E-state index in [-0.39, 0.29) is 42.1 Å². The molecule has 7 nitrogen and oxygen atoms in total. The first kappa shape index (κ1) is 26.1. The summed E-state index contributed by atoms with van der Waals surface area (Å²) < 4.78 is 28.0. The van der Waals surface area contributed by atoms with Crippen LogP contribution in [0.3, 0.4) is 0 Å². The monoisotopic (exact) mass is 520 g/mol. The number of nitrogens with one attached hydrogen (secondary N) is 1. The van der Waals surface area contributed by atoms with E-state index in [4.69, 9.17) is 9.47 Å². The molecule has 202 valence electrons. The highest BCUT2D eigenvalue weighted by Crippen LogP contribution is 2.49. The maximum Gasteiger partial charge on any atom is 0.410 e. The first-order valence-electron chi connectivity index (χ1n) is 13.5. The summed E-state index contributed by atoms with van der Waals surface area (Å²) in [5.74, 6) is 0.220. The van der Waals surface area contributed by atoms with Crippen LogP contribution < -0.4 is 15.0 Å². The molecule has 3 atom stereocenters. The van der Waals surface area contributed by atoms with Gasteiger partial charge >= 0.3 is 6.09 Å². The van der Waals surface area contributed by atoms with Crippen LogP contribution in [0.4, 0.5) is 20.6 Å². The van der Waals surface area contributed by atoms with Gasteiger partial charge in [0.15, 0.2) is 5.82 Å². The number of carbonyl (C=O) groups is 1. The van der Waals surface area contributed by atoms with Gasteiger partial charge in [-0.05, 0) is 90.5 Å². The SMILES string of the molecule is COc1ccc(N(C(C)C)C2Nc3cc(C#N)ccc32)c(F)c1C1CC2CCC(C1)N2C(=O)OC(C)(C)C. The van der Waals surface area contributed by atoms with Gasteiger partial charge in [0.25, 0.3) is 0 Å². The molecule has 1 N–H and O–H groups in total. The standard InChI is InChI=1S/C30H37FN4O3/c1-17(2)34(28-22-10-7-18(16-32)13-23(22)33-28)24-11-12-25(37-6)26(27(24)31)19-14-20-8-9-21(15-19)35(20)29(36)38-30(3,4)5/h7,10-13,17,19-21,28,33H,8-9,14-15H2,1-6H3. The van der Waals surface area contributed by atoms with E-state index in [1.165, 1.54) is 0 Å². The minimum atomic E-state index is -0.554. The minimum absolute atomic E-state index is 0.0113. The average molecular weight is 521 g/mol. The van der Waals surface area contributed by atoms with Crippen LogP contribution in [-0.4, -0.2) is 41.8 Å². The minimum Gasteiger partial charge on any atom is -0.496 e. The smallest absolute Gasteiger partial charge is 0.410 e. The van der Waals surface area contributed by atoms with Crippen molar-refractivity contribution in [2.24, 2.45) is 0 Å². The average Bonchev–Trinajstić information content (AvgIpc) is 3.11. The Hall–Kier alpha value is -3.47. The molecule has 1 amide bonds. The molecule has 3 unspecified atom stereocenters. The Morgan fingerprint density at radius 3 is 2.42 bits per heavy atom. The number of benzene rings is 2. The number of carbonyl (C=O) groups excluding carboxylic acids is 1. The van der Waals surface area contributed by atoms with Crippen molar-refractivity contribution in [2.45, 2.75) is 96.1 Å². The highest BCUT2D eigenvalue weighted by atomic mass is 19.1. The van der Waals surface area contributed by atoms with Gasteiger partial charge in [0.2, 0.25) is 0 Å². The molecule has 2 saturated heterocycles. The fourth-order valence-electron chi connectivity index (χ4n) is 6.42. The van der Waals surface area contributed by atoms with Gasteiger partial charge in [-0.3, -0.25) is 0 Å². The second-order valence-corrected chi connectivity index (χ2v) is 11.9. The number of nitriles is 1. The van der Waals surface area contributed by atoms with E-state index < -0.39 is 5.60 Å². The molecule has 5 rings (SSSR count). The summed E-state index contributed by atoms with van der Waals surface area (Å²) in [6.45, 7) is 9.73. The Morgan fingerprint density at radius 2 is 1.87 bits per heavy atom. The lowest BCUT2D eigenvalue weighted by Gasteiger charge is -2.45. The van der Waals surface area contributed by atoms with Crippen LogP contribution in [-0.2, 0) is 4.74 Å². The summed E-state index contributed by atoms with van der Waals surface area (Å²) in [6.07, 6.45) is 2.68. The number of fused-ring (bicyclic) bond motifs is 3. The molecule has 2 aromatic rings. The Kier molecular flexibility index (Phi) is 6.66. The van der Waals surface area contributed by atoms with Crippen LogP contribution in [0, 0.1) is 17.1 Å². The summed E-state index contributed by atoms with van der Waals surface area (Å²) in [6, 6.07) is 11.5. The van der Waals surface area contributed by atoms with Crippen molar-refractivity contribution >= 4 is 17.5 Å². The van der Waals surface area contributed by atoms with E-state index in [1.807, 2.05) is 57.7 Å². The third-order valence-electron chi connectivity index (χ3n) is 7.97. The van der Waals surface area contributed by atoms with Gasteiger partial charge in [0.05, 0.1) is 24.4 Å². The molecule has 2 aromatic carbocycles. The lowest BCUT2D eigenvalue weighted by Crippen LogP contribution is -2.48. The molecular weight excluding hydrogens is 483 g/mol. The van der Waals surface area contributed by atoms with Gasteiger partial charge in [-0.15, -0.1) is 0 Å². The van der Waals surface area contributed by atoms with Crippen molar-refractivity contribution in [1.82, 2.24) is 4.90 Å². The van der Waals surface area contributed by atoms with E-state index in [0.717, 1.165) is 24.1 Å². The van der Waals surface area contributed by atoms with Gasteiger partial charge in [0.1, 0.15) is 17.5 Å². The number of nitrogens with zero attached hydrogens (tertiary/aromatic N) is 3. The van der Waals surface area contributed by atoms with Crippen molar-refractivity contribution in [2.75, 3.05) is 17.3 Å². The number of methoxy groups -OCH3 is 1.